The van der Waals surface area contributed by atoms with Gasteiger partial charge >= 0.3 is 0 Å². The van der Waals surface area contributed by atoms with Crippen LogP contribution in [0.15, 0.2) is 165 Å². The van der Waals surface area contributed by atoms with E-state index in [4.69, 9.17) is 50.2 Å². The number of aliphatic hydroxyl groups is 1. The van der Waals surface area contributed by atoms with Crippen molar-refractivity contribution in [1.29, 1.82) is 5.26 Å². The molecule has 2 atom stereocenters. The van der Waals surface area contributed by atoms with Crippen molar-refractivity contribution in [2.75, 3.05) is 103 Å². The van der Waals surface area contributed by atoms with Crippen LogP contribution in [0, 0.1) is 17.2 Å². The van der Waals surface area contributed by atoms with Crippen LogP contribution in [-0.4, -0.2) is 169 Å². The molecule has 14 rings (SSSR count). The Morgan fingerprint density at radius 2 is 1.00 bits per heavy atom. The largest absolute Gasteiger partial charge is 0.497 e. The van der Waals surface area contributed by atoms with Crippen molar-refractivity contribution in [1.82, 2.24) is 69.5 Å². The molecule has 101 heavy (non-hydrogen) atoms. The molecule has 8 heterocycles. The average Bonchev–Trinajstić information content (AvgIpc) is 1.02. The quantitative estimate of drug-likeness (QED) is 0.0603. The Morgan fingerprint density at radius 3 is 1.40 bits per heavy atom. The van der Waals surface area contributed by atoms with Crippen molar-refractivity contribution in [3.05, 3.63) is 170 Å². The number of ether oxygens (including phenoxy) is 5. The molecule has 12 aromatic rings. The zero-order valence-corrected chi connectivity index (χ0v) is 58.4. The fourth-order valence-electron chi connectivity index (χ4n) is 12.4. The van der Waals surface area contributed by atoms with Gasteiger partial charge in [-0.3, -0.25) is 33.8 Å². The van der Waals surface area contributed by atoms with Gasteiger partial charge in [0.05, 0.1) is 158 Å². The van der Waals surface area contributed by atoms with Gasteiger partial charge in [0.1, 0.15) is 28.7 Å². The lowest BCUT2D eigenvalue weighted by molar-refractivity contribution is -0.118. The van der Waals surface area contributed by atoms with Gasteiger partial charge < -0.3 is 53.7 Å². The maximum Gasteiger partial charge on any atom is 0.151 e. The number of nitriles is 1. The first kappa shape index (κ1) is 69.6. The van der Waals surface area contributed by atoms with Crippen LogP contribution >= 0.6 is 11.6 Å². The Balaban J connectivity index is 0.000000144. The Kier molecular flexibility index (Phi) is 22.1. The maximum absolute atomic E-state index is 12.1. The van der Waals surface area contributed by atoms with E-state index >= 15 is 0 Å². The zero-order chi connectivity index (χ0) is 70.5. The predicted octanol–water partition coefficient (Wildman–Crippen LogP) is 11.8. The molecule has 26 heteroatoms. The highest BCUT2D eigenvalue weighted by molar-refractivity contribution is 6.33. The van der Waals surface area contributed by atoms with E-state index in [2.05, 4.69) is 68.5 Å². The number of hydrogen-bond acceptors (Lipinski definition) is 22. The smallest absolute Gasteiger partial charge is 0.151 e. The minimum atomic E-state index is -0.0591. The number of halogens is 1. The summed E-state index contributed by atoms with van der Waals surface area (Å²) < 4.78 is 32.7. The van der Waals surface area contributed by atoms with Gasteiger partial charge in [-0.2, -0.15) is 20.6 Å². The van der Waals surface area contributed by atoms with Crippen molar-refractivity contribution in [2.45, 2.75) is 31.7 Å². The number of ketones is 1. The number of nitrogens with zero attached hydrogens (tertiary/aromatic N) is 17. The van der Waals surface area contributed by atoms with Gasteiger partial charge in [0.2, 0.25) is 0 Å². The van der Waals surface area contributed by atoms with Crippen LogP contribution in [0.25, 0.3) is 66.9 Å². The number of carbonyl (C=O) groups is 1. The van der Waals surface area contributed by atoms with Crippen molar-refractivity contribution in [3.8, 4) is 68.6 Å². The highest BCUT2D eigenvalue weighted by Gasteiger charge is 2.26. The molecule has 2 N–H and O–H groups in total. The van der Waals surface area contributed by atoms with Crippen LogP contribution < -0.4 is 43.7 Å². The Labute approximate surface area is 590 Å². The second-order valence-corrected chi connectivity index (χ2v) is 24.8. The van der Waals surface area contributed by atoms with Gasteiger partial charge in [0, 0.05) is 173 Å². The number of likely N-dealkylation sites (tertiary alicyclic amines) is 1. The SMILES string of the molecule is COc1cc(OC)cc(N(CCCC2NCCC2=O)c2ccc3ncc(-c4cnn(C)c4)nc3c2)c1.COc1cc(OC)cc(N(CCN2CC[C@H](C#N)C2)c2ccc3ncc(-c4cnn(C)c4)nc3c2)c1.COc1ccc(Cl)c(N(CCO)c2ccc3ncc(-c4cnn(C)c4)nc3c2)c1. The summed E-state index contributed by atoms with van der Waals surface area (Å²) in [6, 6.07) is 37.5. The van der Waals surface area contributed by atoms with Crippen molar-refractivity contribution in [3.63, 3.8) is 0 Å². The van der Waals surface area contributed by atoms with Crippen molar-refractivity contribution < 1.29 is 33.6 Å². The molecule has 0 bridgehead atoms. The number of carbonyl (C=O) groups excluding carboxylic acids is 1. The maximum atomic E-state index is 12.1. The van der Waals surface area contributed by atoms with Crippen LogP contribution in [0.4, 0.5) is 34.1 Å². The van der Waals surface area contributed by atoms with E-state index in [-0.39, 0.29) is 18.6 Å². The van der Waals surface area contributed by atoms with Crippen LogP contribution in [0.3, 0.4) is 0 Å². The summed E-state index contributed by atoms with van der Waals surface area (Å²) in [6.07, 6.45) is 19.5. The molecule has 6 aromatic heterocycles. The molecular formula is C75H79ClN18O7. The van der Waals surface area contributed by atoms with Gasteiger partial charge in [-0.25, -0.2) is 15.0 Å². The molecule has 2 saturated heterocycles. The first-order valence-electron chi connectivity index (χ1n) is 33.1. The Bertz CT molecular complexity index is 4880. The predicted molar refractivity (Wildman–Crippen MR) is 391 cm³/mol. The van der Waals surface area contributed by atoms with Gasteiger partial charge in [-0.1, -0.05) is 11.6 Å². The number of nitrogens with one attached hydrogen (secondary N) is 1. The number of benzene rings is 6. The standard InChI is InChI=1S/C27H29N7O2.C27H30N6O3.C21H20ClN5O2/c1-32-18-20(15-30-32)27-16-29-25-5-4-21(12-26(25)31-27)34(9-8-33-7-6-19(14-28)17-33)22-10-23(35-2)13-24(11-22)36-3;1-32-17-18(15-30-32)26-16-29-23-7-6-19(13-25(23)31-26)33(10-4-5-24-27(34)8-9-28-24)20-11-21(35-2)14-22(12-20)36-3;1-26-13-14(11-24-26)20-12-23-18-6-3-15(9-19(18)25-20)27(7-8-28)21-10-16(29-2)4-5-17(21)22/h4-5,10-13,15-16,18-19H,6-9,17H2,1-3H3;6-7,11-17,24,28H,4-5,8-10H2,1-3H3;3-6,9-13,28H,7-8H2,1-2H3/t19-;;/m1../s1. The molecule has 0 aliphatic carbocycles. The van der Waals surface area contributed by atoms with E-state index in [0.29, 0.717) is 47.6 Å². The monoisotopic (exact) mass is 1380 g/mol. The summed E-state index contributed by atoms with van der Waals surface area (Å²) in [4.78, 5) is 49.1. The van der Waals surface area contributed by atoms with Crippen molar-refractivity contribution >= 4 is 84.6 Å². The number of rotatable bonds is 23. The molecule has 0 spiro atoms. The fourth-order valence-corrected chi connectivity index (χ4v) is 12.6. The molecule has 0 radical (unpaired) electrons. The Morgan fingerprint density at radius 1 is 0.545 bits per heavy atom. The highest BCUT2D eigenvalue weighted by atomic mass is 35.5. The highest BCUT2D eigenvalue weighted by Crippen LogP contribution is 2.39. The lowest BCUT2D eigenvalue weighted by atomic mass is 10.1. The molecule has 2 aliphatic heterocycles. The van der Waals surface area contributed by atoms with E-state index in [1.54, 1.807) is 98.9 Å². The summed E-state index contributed by atoms with van der Waals surface area (Å²) in [6.45, 7) is 5.12. The molecule has 1 unspecified atom stereocenters. The number of aromatic nitrogens is 12. The summed E-state index contributed by atoms with van der Waals surface area (Å²) in [5, 5.41) is 35.5. The van der Waals surface area contributed by atoms with Crippen molar-refractivity contribution in [2.24, 2.45) is 27.1 Å². The number of fused-ring (bicyclic) bond motifs is 3. The normalized spacial score (nSPS) is 14.2. The average molecular weight is 1380 g/mol. The lowest BCUT2D eigenvalue weighted by Gasteiger charge is -2.28. The fraction of sp³-hybridized carbons (Fsp3) is 0.293. The second-order valence-electron chi connectivity index (χ2n) is 24.4. The number of aryl methyl sites for hydroxylation is 3. The summed E-state index contributed by atoms with van der Waals surface area (Å²) >= 11 is 6.44. The minimum Gasteiger partial charge on any atom is -0.497 e. The number of aliphatic hydroxyl groups excluding tert-OH is 1. The molecule has 6 aromatic carbocycles. The van der Waals surface area contributed by atoms with E-state index in [9.17, 15) is 15.2 Å². The minimum absolute atomic E-state index is 0.0347. The third-order valence-electron chi connectivity index (χ3n) is 17.7. The molecule has 0 amide bonds. The van der Waals surface area contributed by atoms with E-state index in [0.717, 1.165) is 164 Å². The summed E-state index contributed by atoms with van der Waals surface area (Å²) in [5.74, 6) is 3.96. The third kappa shape index (κ3) is 16.7. The summed E-state index contributed by atoms with van der Waals surface area (Å²) in [7, 11) is 13.8. The first-order chi connectivity index (χ1) is 49.2. The van der Waals surface area contributed by atoms with Crippen LogP contribution in [-0.2, 0) is 25.9 Å². The van der Waals surface area contributed by atoms with Gasteiger partial charge in [0.15, 0.2) is 5.78 Å². The molecular weight excluding hydrogens is 1300 g/mol. The zero-order valence-electron chi connectivity index (χ0n) is 57.6. The van der Waals surface area contributed by atoms with E-state index < -0.39 is 0 Å². The molecule has 2 aliphatic rings. The van der Waals surface area contributed by atoms with Gasteiger partial charge in [0.25, 0.3) is 0 Å². The molecule has 2 fully saturated rings. The third-order valence-corrected chi connectivity index (χ3v) is 18.0. The molecule has 518 valence electrons. The van der Waals surface area contributed by atoms with E-state index in [1.807, 2.05) is 130 Å². The lowest BCUT2D eigenvalue weighted by Crippen LogP contribution is -2.31. The van der Waals surface area contributed by atoms with Crippen LogP contribution in [0.5, 0.6) is 28.7 Å². The Hall–Kier alpha value is -11.3. The van der Waals surface area contributed by atoms with Gasteiger partial charge in [-0.05, 0) is 92.5 Å². The number of hydrogen-bond donors (Lipinski definition) is 2. The number of methoxy groups -OCH3 is 5. The molecule has 0 saturated carbocycles. The molecule has 25 nitrogen and oxygen atoms in total. The van der Waals surface area contributed by atoms with Crippen LogP contribution in [0.1, 0.15) is 25.7 Å². The topological polar surface area (TPSA) is 263 Å². The van der Waals surface area contributed by atoms with E-state index in [1.165, 1.54) is 0 Å². The van der Waals surface area contributed by atoms with Gasteiger partial charge in [-0.15, -0.1) is 0 Å². The summed E-state index contributed by atoms with van der Waals surface area (Å²) in [5.41, 5.74) is 15.2. The second kappa shape index (κ2) is 32.1. The number of Topliss-reactive ketones (excluding diaryl/α,β-unsaturated/α-hetero) is 1. The number of anilines is 6. The van der Waals surface area contributed by atoms with Crippen LogP contribution in [0.2, 0.25) is 5.02 Å². The first-order valence-corrected chi connectivity index (χ1v) is 33.5.